The van der Waals surface area contributed by atoms with E-state index < -0.39 is 11.6 Å². The minimum absolute atomic E-state index is 0.0181. The van der Waals surface area contributed by atoms with E-state index in [9.17, 15) is 8.78 Å². The van der Waals surface area contributed by atoms with Crippen LogP contribution in [-0.2, 0) is 13.0 Å². The molecule has 1 aliphatic heterocycles. The van der Waals surface area contributed by atoms with Crippen molar-refractivity contribution in [2.45, 2.75) is 13.0 Å². The number of benzene rings is 1. The summed E-state index contributed by atoms with van der Waals surface area (Å²) in [5.74, 6) is -1.26. The zero-order valence-corrected chi connectivity index (χ0v) is 9.24. The van der Waals surface area contributed by atoms with Gasteiger partial charge in [-0.3, -0.25) is 0 Å². The molecule has 1 aromatic carbocycles. The van der Waals surface area contributed by atoms with Gasteiger partial charge in [0, 0.05) is 18.1 Å². The zero-order chi connectivity index (χ0) is 12.7. The fraction of sp³-hybridized carbons (Fsp3) is 0.273. The molecule has 3 rings (SSSR count). The molecule has 0 fully saturated rings. The van der Waals surface area contributed by atoms with E-state index in [1.807, 2.05) is 0 Å². The van der Waals surface area contributed by atoms with Gasteiger partial charge in [-0.1, -0.05) is 5.16 Å². The molecule has 0 saturated carbocycles. The summed E-state index contributed by atoms with van der Waals surface area (Å²) in [4.78, 5) is 3.82. The lowest BCUT2D eigenvalue weighted by atomic mass is 10.1. The van der Waals surface area contributed by atoms with Gasteiger partial charge in [-0.15, -0.1) is 0 Å². The van der Waals surface area contributed by atoms with Crippen LogP contribution in [0.5, 0.6) is 5.75 Å². The standard InChI is InChI=1S/C11H9F2N3O2/c12-6-3-7-5(1-2-17-7)10(13)9(6)11-15-8(4-14)18-16-11/h3H,1-2,4,14H2. The summed E-state index contributed by atoms with van der Waals surface area (Å²) in [6, 6.07) is 1.14. The molecule has 0 radical (unpaired) electrons. The van der Waals surface area contributed by atoms with E-state index >= 15 is 0 Å². The highest BCUT2D eigenvalue weighted by Gasteiger charge is 2.26. The molecule has 0 bridgehead atoms. The van der Waals surface area contributed by atoms with Crippen LogP contribution in [0, 0.1) is 11.6 Å². The maximum atomic E-state index is 14.2. The van der Waals surface area contributed by atoms with Crippen molar-refractivity contribution < 1.29 is 18.0 Å². The molecule has 1 aliphatic rings. The predicted molar refractivity (Wildman–Crippen MR) is 56.7 cm³/mol. The Morgan fingerprint density at radius 3 is 2.94 bits per heavy atom. The van der Waals surface area contributed by atoms with Gasteiger partial charge in [0.2, 0.25) is 11.7 Å². The normalized spacial score (nSPS) is 13.5. The van der Waals surface area contributed by atoms with Gasteiger partial charge < -0.3 is 15.0 Å². The monoisotopic (exact) mass is 253 g/mol. The van der Waals surface area contributed by atoms with Crippen molar-refractivity contribution in [1.29, 1.82) is 0 Å². The topological polar surface area (TPSA) is 74.2 Å². The van der Waals surface area contributed by atoms with Crippen LogP contribution >= 0.6 is 0 Å². The summed E-state index contributed by atoms with van der Waals surface area (Å²) in [5, 5.41) is 3.52. The van der Waals surface area contributed by atoms with Gasteiger partial charge in [0.15, 0.2) is 0 Å². The summed E-state index contributed by atoms with van der Waals surface area (Å²) >= 11 is 0. The van der Waals surface area contributed by atoms with E-state index in [1.54, 1.807) is 0 Å². The first-order valence-electron chi connectivity index (χ1n) is 5.37. The highest BCUT2D eigenvalue weighted by atomic mass is 19.1. The van der Waals surface area contributed by atoms with Gasteiger partial charge in [-0.2, -0.15) is 4.98 Å². The van der Waals surface area contributed by atoms with Crippen molar-refractivity contribution in [2.24, 2.45) is 5.73 Å². The van der Waals surface area contributed by atoms with Crippen molar-refractivity contribution >= 4 is 0 Å². The summed E-state index contributed by atoms with van der Waals surface area (Å²) < 4.78 is 37.9. The minimum Gasteiger partial charge on any atom is -0.493 e. The highest BCUT2D eigenvalue weighted by Crippen LogP contribution is 2.35. The number of nitrogens with zero attached hydrogens (tertiary/aromatic N) is 2. The quantitative estimate of drug-likeness (QED) is 0.875. The molecule has 2 N–H and O–H groups in total. The first-order valence-corrected chi connectivity index (χ1v) is 5.37. The third-order valence-corrected chi connectivity index (χ3v) is 2.75. The van der Waals surface area contributed by atoms with E-state index in [0.717, 1.165) is 6.07 Å². The van der Waals surface area contributed by atoms with Gasteiger partial charge >= 0.3 is 0 Å². The van der Waals surface area contributed by atoms with Crippen LogP contribution < -0.4 is 10.5 Å². The Morgan fingerprint density at radius 1 is 1.39 bits per heavy atom. The van der Waals surface area contributed by atoms with Crippen molar-refractivity contribution in [2.75, 3.05) is 6.61 Å². The van der Waals surface area contributed by atoms with E-state index in [0.29, 0.717) is 18.6 Å². The molecule has 0 spiro atoms. The number of ether oxygens (including phenoxy) is 1. The second-order valence-corrected chi connectivity index (χ2v) is 3.84. The van der Waals surface area contributed by atoms with Crippen molar-refractivity contribution in [3.8, 4) is 17.1 Å². The van der Waals surface area contributed by atoms with E-state index in [-0.39, 0.29) is 29.6 Å². The maximum Gasteiger partial charge on any atom is 0.240 e. The second-order valence-electron chi connectivity index (χ2n) is 3.84. The number of halogens is 2. The van der Waals surface area contributed by atoms with Crippen molar-refractivity contribution in [3.05, 3.63) is 29.2 Å². The lowest BCUT2D eigenvalue weighted by Gasteiger charge is -2.05. The van der Waals surface area contributed by atoms with E-state index in [4.69, 9.17) is 15.0 Å². The van der Waals surface area contributed by atoms with Crippen LogP contribution in [0.3, 0.4) is 0 Å². The molecule has 94 valence electrons. The van der Waals surface area contributed by atoms with E-state index in [2.05, 4.69) is 10.1 Å². The maximum absolute atomic E-state index is 14.2. The SMILES string of the molecule is NCc1nc(-c2c(F)cc3c(c2F)CCO3)no1. The Bertz CT molecular complexity index is 613. The average molecular weight is 253 g/mol. The summed E-state index contributed by atoms with van der Waals surface area (Å²) in [6.07, 6.45) is 0.399. The first-order chi connectivity index (χ1) is 8.70. The molecule has 0 saturated heterocycles. The number of fused-ring (bicyclic) bond motifs is 1. The number of rotatable bonds is 2. The van der Waals surface area contributed by atoms with Crippen LogP contribution in [-0.4, -0.2) is 16.7 Å². The molecule has 1 aromatic heterocycles. The van der Waals surface area contributed by atoms with Crippen LogP contribution in [0.2, 0.25) is 0 Å². The fourth-order valence-electron chi connectivity index (χ4n) is 1.91. The first kappa shape index (κ1) is 11.1. The molecule has 0 amide bonds. The van der Waals surface area contributed by atoms with Crippen LogP contribution in [0.4, 0.5) is 8.78 Å². The Kier molecular flexibility index (Phi) is 2.48. The van der Waals surface area contributed by atoms with Gasteiger partial charge in [0.05, 0.1) is 18.7 Å². The number of hydrogen-bond acceptors (Lipinski definition) is 5. The Hall–Kier alpha value is -2.02. The molecule has 2 heterocycles. The Labute approximate surface area is 101 Å². The number of hydrogen-bond donors (Lipinski definition) is 1. The number of nitrogens with two attached hydrogens (primary N) is 1. The smallest absolute Gasteiger partial charge is 0.240 e. The highest BCUT2D eigenvalue weighted by molar-refractivity contribution is 5.61. The van der Waals surface area contributed by atoms with E-state index in [1.165, 1.54) is 0 Å². The average Bonchev–Trinajstić information content (AvgIpc) is 2.97. The molecule has 2 aromatic rings. The molecule has 5 nitrogen and oxygen atoms in total. The van der Waals surface area contributed by atoms with Crippen LogP contribution in [0.1, 0.15) is 11.5 Å². The molecule has 0 atom stereocenters. The second kappa shape index (κ2) is 4.02. The van der Waals surface area contributed by atoms with Gasteiger partial charge in [0.25, 0.3) is 0 Å². The fourth-order valence-corrected chi connectivity index (χ4v) is 1.91. The van der Waals surface area contributed by atoms with Gasteiger partial charge in [-0.05, 0) is 0 Å². The lowest BCUT2D eigenvalue weighted by molar-refractivity contribution is 0.355. The number of aromatic nitrogens is 2. The third kappa shape index (κ3) is 1.55. The molecular formula is C11H9F2N3O2. The van der Waals surface area contributed by atoms with Crippen molar-refractivity contribution in [1.82, 2.24) is 10.1 Å². The molecule has 0 unspecified atom stereocenters. The zero-order valence-electron chi connectivity index (χ0n) is 9.24. The molecule has 18 heavy (non-hydrogen) atoms. The van der Waals surface area contributed by atoms with Crippen LogP contribution in [0.15, 0.2) is 10.6 Å². The Morgan fingerprint density at radius 2 is 2.22 bits per heavy atom. The molecule has 7 heteroatoms. The lowest BCUT2D eigenvalue weighted by Crippen LogP contribution is -1.98. The van der Waals surface area contributed by atoms with Gasteiger partial charge in [0.1, 0.15) is 17.4 Å². The molecule has 0 aliphatic carbocycles. The summed E-state index contributed by atoms with van der Waals surface area (Å²) in [5.41, 5.74) is 5.34. The third-order valence-electron chi connectivity index (χ3n) is 2.75. The minimum atomic E-state index is -0.780. The van der Waals surface area contributed by atoms with Crippen molar-refractivity contribution in [3.63, 3.8) is 0 Å². The summed E-state index contributed by atoms with van der Waals surface area (Å²) in [7, 11) is 0. The molecular weight excluding hydrogens is 244 g/mol. The largest absolute Gasteiger partial charge is 0.493 e. The van der Waals surface area contributed by atoms with Gasteiger partial charge in [-0.25, -0.2) is 8.78 Å². The van der Waals surface area contributed by atoms with Crippen LogP contribution in [0.25, 0.3) is 11.4 Å². The Balaban J connectivity index is 2.17. The summed E-state index contributed by atoms with van der Waals surface area (Å²) in [6.45, 7) is 0.361. The predicted octanol–water partition coefficient (Wildman–Crippen LogP) is 1.41.